The van der Waals surface area contributed by atoms with Crippen LogP contribution in [0.3, 0.4) is 0 Å². The third-order valence-corrected chi connectivity index (χ3v) is 6.28. The van der Waals surface area contributed by atoms with Gasteiger partial charge in [0.2, 0.25) is 0 Å². The van der Waals surface area contributed by atoms with Crippen molar-refractivity contribution in [1.29, 1.82) is 0 Å². The molecule has 4 rings (SSSR count). The standard InChI is InChI=1S/C26H26O6/c1-15(2)16-6-9-18(10-7-16)25(3,4)30-14-19-13-26(19,5)32-22(27)17-8-11-20-21(12-17)24(29)31-23(20)28/h6-12,19H,1,13-14H2,2-5H3. The van der Waals surface area contributed by atoms with Crippen LogP contribution >= 0.6 is 0 Å². The van der Waals surface area contributed by atoms with Crippen molar-refractivity contribution < 1.29 is 28.6 Å². The number of cyclic esters (lactones) is 2. The van der Waals surface area contributed by atoms with Crippen molar-refractivity contribution in [3.8, 4) is 0 Å². The Morgan fingerprint density at radius 3 is 2.38 bits per heavy atom. The maximum absolute atomic E-state index is 12.6. The van der Waals surface area contributed by atoms with Crippen molar-refractivity contribution in [2.75, 3.05) is 6.61 Å². The first-order valence-electron chi connectivity index (χ1n) is 10.5. The Hall–Kier alpha value is -3.25. The molecule has 0 aromatic heterocycles. The van der Waals surface area contributed by atoms with Gasteiger partial charge in [0.1, 0.15) is 5.60 Å². The summed E-state index contributed by atoms with van der Waals surface area (Å²) in [4.78, 5) is 35.9. The fourth-order valence-corrected chi connectivity index (χ4v) is 3.82. The molecule has 2 unspecified atom stereocenters. The second kappa shape index (κ2) is 7.71. The SMILES string of the molecule is C=C(C)c1ccc(C(C)(C)OCC2CC2(C)OC(=O)c2ccc3c(c2)C(=O)OC3=O)cc1. The highest BCUT2D eigenvalue weighted by atomic mass is 16.6. The molecule has 32 heavy (non-hydrogen) atoms. The first-order valence-corrected chi connectivity index (χ1v) is 10.5. The van der Waals surface area contributed by atoms with Crippen molar-refractivity contribution in [2.45, 2.75) is 45.3 Å². The summed E-state index contributed by atoms with van der Waals surface area (Å²) >= 11 is 0. The van der Waals surface area contributed by atoms with Crippen LogP contribution in [0.25, 0.3) is 5.57 Å². The van der Waals surface area contributed by atoms with Gasteiger partial charge in [-0.15, -0.1) is 0 Å². The lowest BCUT2D eigenvalue weighted by Crippen LogP contribution is -2.26. The van der Waals surface area contributed by atoms with Crippen LogP contribution in [-0.2, 0) is 19.8 Å². The molecule has 1 aliphatic heterocycles. The van der Waals surface area contributed by atoms with Gasteiger partial charge in [-0.2, -0.15) is 0 Å². The van der Waals surface area contributed by atoms with Gasteiger partial charge in [0.25, 0.3) is 0 Å². The zero-order valence-corrected chi connectivity index (χ0v) is 18.7. The molecule has 2 atom stereocenters. The summed E-state index contributed by atoms with van der Waals surface area (Å²) < 4.78 is 16.5. The molecule has 2 aliphatic rings. The smallest absolute Gasteiger partial charge is 0.346 e. The van der Waals surface area contributed by atoms with E-state index in [-0.39, 0.29) is 22.6 Å². The number of carbonyl (C=O) groups excluding carboxylic acids is 3. The van der Waals surface area contributed by atoms with Gasteiger partial charge in [0.15, 0.2) is 0 Å². The van der Waals surface area contributed by atoms with Crippen LogP contribution in [0.2, 0.25) is 0 Å². The highest BCUT2D eigenvalue weighted by Gasteiger charge is 2.54. The number of hydrogen-bond donors (Lipinski definition) is 0. The lowest BCUT2D eigenvalue weighted by atomic mass is 9.95. The van der Waals surface area contributed by atoms with Crippen LogP contribution in [0.15, 0.2) is 49.0 Å². The first-order chi connectivity index (χ1) is 15.0. The van der Waals surface area contributed by atoms with Crippen LogP contribution in [0.4, 0.5) is 0 Å². The summed E-state index contributed by atoms with van der Waals surface area (Å²) in [5.41, 5.74) is 2.50. The summed E-state index contributed by atoms with van der Waals surface area (Å²) in [7, 11) is 0. The molecule has 1 fully saturated rings. The Morgan fingerprint density at radius 2 is 1.72 bits per heavy atom. The molecular formula is C26H26O6. The van der Waals surface area contributed by atoms with Gasteiger partial charge >= 0.3 is 17.9 Å². The van der Waals surface area contributed by atoms with Crippen molar-refractivity contribution in [2.24, 2.45) is 5.92 Å². The average molecular weight is 434 g/mol. The molecule has 0 amide bonds. The Balaban J connectivity index is 1.36. The summed E-state index contributed by atoms with van der Waals surface area (Å²) in [5, 5.41) is 0. The number of fused-ring (bicyclic) bond motifs is 1. The number of esters is 3. The van der Waals surface area contributed by atoms with E-state index < -0.39 is 29.1 Å². The van der Waals surface area contributed by atoms with Gasteiger partial charge in [-0.1, -0.05) is 36.4 Å². The molecule has 1 aliphatic carbocycles. The summed E-state index contributed by atoms with van der Waals surface area (Å²) in [6.45, 7) is 12.3. The molecule has 2 aromatic rings. The zero-order chi connectivity index (χ0) is 23.3. The van der Waals surface area contributed by atoms with E-state index >= 15 is 0 Å². The number of rotatable bonds is 7. The number of hydrogen-bond acceptors (Lipinski definition) is 6. The fourth-order valence-electron chi connectivity index (χ4n) is 3.82. The first kappa shape index (κ1) is 22.0. The van der Waals surface area contributed by atoms with E-state index in [0.717, 1.165) is 16.7 Å². The van der Waals surface area contributed by atoms with Crippen LogP contribution < -0.4 is 0 Å². The molecule has 6 nitrogen and oxygen atoms in total. The van der Waals surface area contributed by atoms with E-state index in [2.05, 4.69) is 11.3 Å². The Labute approximate surface area is 187 Å². The molecule has 2 aromatic carbocycles. The minimum absolute atomic E-state index is 0.0707. The Kier molecular flexibility index (Phi) is 5.29. The third-order valence-electron chi connectivity index (χ3n) is 6.28. The summed E-state index contributed by atoms with van der Waals surface area (Å²) in [5.74, 6) is -1.92. The van der Waals surface area contributed by atoms with Crippen molar-refractivity contribution in [3.63, 3.8) is 0 Å². The van der Waals surface area contributed by atoms with Crippen LogP contribution in [0.1, 0.15) is 76.3 Å². The number of benzene rings is 2. The van der Waals surface area contributed by atoms with Crippen molar-refractivity contribution >= 4 is 23.5 Å². The molecular weight excluding hydrogens is 408 g/mol. The van der Waals surface area contributed by atoms with E-state index in [0.29, 0.717) is 13.0 Å². The maximum atomic E-state index is 12.6. The fraction of sp³-hybridized carbons (Fsp3) is 0.346. The van der Waals surface area contributed by atoms with Crippen molar-refractivity contribution in [1.82, 2.24) is 0 Å². The molecule has 0 saturated heterocycles. The number of allylic oxidation sites excluding steroid dienone is 1. The molecule has 0 N–H and O–H groups in total. The topological polar surface area (TPSA) is 78.9 Å². The Bertz CT molecular complexity index is 1130. The van der Waals surface area contributed by atoms with E-state index in [1.165, 1.54) is 18.2 Å². The number of ether oxygens (including phenoxy) is 3. The second-order valence-corrected chi connectivity index (χ2v) is 9.22. The molecule has 0 spiro atoms. The monoisotopic (exact) mass is 434 g/mol. The lowest BCUT2D eigenvalue weighted by Gasteiger charge is -2.27. The molecule has 166 valence electrons. The average Bonchev–Trinajstić information content (AvgIpc) is 3.30. The second-order valence-electron chi connectivity index (χ2n) is 9.22. The lowest BCUT2D eigenvalue weighted by molar-refractivity contribution is -0.0401. The van der Waals surface area contributed by atoms with Crippen LogP contribution in [0, 0.1) is 5.92 Å². The minimum Gasteiger partial charge on any atom is -0.455 e. The molecule has 0 radical (unpaired) electrons. The zero-order valence-electron chi connectivity index (χ0n) is 18.7. The predicted octanol–water partition coefficient (Wildman–Crippen LogP) is 4.92. The Morgan fingerprint density at radius 1 is 1.09 bits per heavy atom. The van der Waals surface area contributed by atoms with Gasteiger partial charge in [0.05, 0.1) is 28.9 Å². The van der Waals surface area contributed by atoms with E-state index in [4.69, 9.17) is 9.47 Å². The van der Waals surface area contributed by atoms with E-state index in [1.54, 1.807) is 0 Å². The predicted molar refractivity (Wildman–Crippen MR) is 118 cm³/mol. The summed E-state index contributed by atoms with van der Waals surface area (Å²) in [6.07, 6.45) is 0.689. The quantitative estimate of drug-likeness (QED) is 0.455. The van der Waals surface area contributed by atoms with Gasteiger partial charge in [0, 0.05) is 5.92 Å². The molecule has 0 bridgehead atoms. The molecule has 1 heterocycles. The minimum atomic E-state index is -0.748. The van der Waals surface area contributed by atoms with Gasteiger partial charge in [-0.05, 0) is 63.4 Å². The van der Waals surface area contributed by atoms with Gasteiger partial charge < -0.3 is 14.2 Å². The highest BCUT2D eigenvalue weighted by molar-refractivity contribution is 6.15. The van der Waals surface area contributed by atoms with Crippen LogP contribution in [-0.4, -0.2) is 30.1 Å². The highest BCUT2D eigenvalue weighted by Crippen LogP contribution is 2.48. The van der Waals surface area contributed by atoms with Gasteiger partial charge in [-0.3, -0.25) is 0 Å². The largest absolute Gasteiger partial charge is 0.455 e. The third kappa shape index (κ3) is 4.10. The van der Waals surface area contributed by atoms with Crippen molar-refractivity contribution in [3.05, 3.63) is 76.9 Å². The normalized spacial score (nSPS) is 21.7. The van der Waals surface area contributed by atoms with Gasteiger partial charge in [-0.25, -0.2) is 14.4 Å². The molecule has 1 saturated carbocycles. The summed E-state index contributed by atoms with van der Waals surface area (Å²) in [6, 6.07) is 12.4. The number of carbonyl (C=O) groups is 3. The van der Waals surface area contributed by atoms with E-state index in [9.17, 15) is 14.4 Å². The molecule has 6 heteroatoms. The van der Waals surface area contributed by atoms with Crippen LogP contribution in [0.5, 0.6) is 0 Å². The van der Waals surface area contributed by atoms with E-state index in [1.807, 2.05) is 52.0 Å². The maximum Gasteiger partial charge on any atom is 0.346 e.